The zero-order chi connectivity index (χ0) is 42.5. The van der Waals surface area contributed by atoms with Gasteiger partial charge in [0, 0.05) is 55.4 Å². The van der Waals surface area contributed by atoms with E-state index < -0.39 is 0 Å². The number of hydrogen-bond acceptors (Lipinski definition) is 1. The van der Waals surface area contributed by atoms with Gasteiger partial charge in [-0.25, -0.2) is 0 Å². The number of fused-ring (bicyclic) bond motifs is 11. The number of para-hydroxylation sites is 3. The van der Waals surface area contributed by atoms with Gasteiger partial charge in [0.25, 0.3) is 0 Å². The summed E-state index contributed by atoms with van der Waals surface area (Å²) >= 11 is 0. The average Bonchev–Trinajstić information content (AvgIpc) is 3.94. The molecular weight excluding hydrogens is 775 g/mol. The minimum atomic E-state index is -0.105. The van der Waals surface area contributed by atoms with Crippen LogP contribution in [0.3, 0.4) is 0 Å². The molecule has 0 radical (unpaired) electrons. The fourth-order valence-electron chi connectivity index (χ4n) is 10.9. The highest BCUT2D eigenvalue weighted by Gasteiger charge is 2.35. The molecule has 0 amide bonds. The zero-order valence-electron chi connectivity index (χ0n) is 35.7. The van der Waals surface area contributed by atoms with E-state index in [1.165, 1.54) is 87.9 Å². The number of hydrogen-bond donors (Lipinski definition) is 0. The van der Waals surface area contributed by atoms with E-state index in [1.807, 2.05) is 0 Å². The quantitative estimate of drug-likeness (QED) is 0.163. The molecule has 3 nitrogen and oxygen atoms in total. The van der Waals surface area contributed by atoms with Crippen molar-refractivity contribution in [2.45, 2.75) is 19.3 Å². The molecule has 2 aromatic heterocycles. The Bertz CT molecular complexity index is 3810. The standard InChI is InChI=1S/C61H43N3/c1-61(2)54-26-13-11-24-49(54)50-33-30-46(38-55(50)61)64-57-35-29-40-16-9-10-23-48(40)60(57)53-32-28-42(37-58(53)64)41-17-15-22-45(36-41)62(43-18-5-3-6-19-43)47-31-34-52-51-25-12-14-27-56(51)63(59(52)39-47)44-20-7-4-8-21-44/h3-39H,1-2H3. The molecule has 3 heteroatoms. The Balaban J connectivity index is 0.995. The van der Waals surface area contributed by atoms with Gasteiger partial charge in [0.05, 0.1) is 22.1 Å². The van der Waals surface area contributed by atoms with E-state index in [-0.39, 0.29) is 5.41 Å². The molecule has 1 aliphatic carbocycles. The molecular formula is C61H43N3. The summed E-state index contributed by atoms with van der Waals surface area (Å²) in [6, 6.07) is 82.6. The summed E-state index contributed by atoms with van der Waals surface area (Å²) in [5.41, 5.74) is 18.1. The van der Waals surface area contributed by atoms with Crippen LogP contribution in [-0.2, 0) is 5.41 Å². The van der Waals surface area contributed by atoms with E-state index >= 15 is 0 Å². The van der Waals surface area contributed by atoms with E-state index in [0.29, 0.717) is 0 Å². The van der Waals surface area contributed by atoms with E-state index in [0.717, 1.165) is 28.3 Å². The van der Waals surface area contributed by atoms with Crippen LogP contribution in [0.1, 0.15) is 25.0 Å². The highest BCUT2D eigenvalue weighted by molar-refractivity contribution is 6.22. The number of nitrogens with zero attached hydrogens (tertiary/aromatic N) is 3. The third-order valence-corrected chi connectivity index (χ3v) is 13.9. The van der Waals surface area contributed by atoms with Crippen LogP contribution in [0.4, 0.5) is 17.1 Å². The van der Waals surface area contributed by atoms with Crippen LogP contribution in [0.15, 0.2) is 224 Å². The summed E-state index contributed by atoms with van der Waals surface area (Å²) < 4.78 is 4.90. The molecule has 12 aromatic rings. The van der Waals surface area contributed by atoms with Gasteiger partial charge in [-0.3, -0.25) is 0 Å². The Morgan fingerprint density at radius 1 is 0.344 bits per heavy atom. The third kappa shape index (κ3) is 5.41. The van der Waals surface area contributed by atoms with Crippen molar-refractivity contribution in [1.82, 2.24) is 9.13 Å². The van der Waals surface area contributed by atoms with Gasteiger partial charge < -0.3 is 14.0 Å². The molecule has 13 rings (SSSR count). The first-order chi connectivity index (χ1) is 31.5. The molecule has 0 saturated heterocycles. The molecule has 64 heavy (non-hydrogen) atoms. The number of rotatable bonds is 6. The van der Waals surface area contributed by atoms with E-state index in [1.54, 1.807) is 0 Å². The molecule has 0 atom stereocenters. The Morgan fingerprint density at radius 3 is 1.86 bits per heavy atom. The molecule has 0 aliphatic heterocycles. The molecule has 0 saturated carbocycles. The Labute approximate surface area is 372 Å². The van der Waals surface area contributed by atoms with Crippen molar-refractivity contribution in [1.29, 1.82) is 0 Å². The first-order valence-electron chi connectivity index (χ1n) is 22.3. The SMILES string of the molecule is CC1(C)c2ccccc2-c2ccc(-n3c4cc(-c5cccc(N(c6ccccc6)c6ccc7c8ccccc8n(-c8ccccc8)c7c6)c5)ccc4c4c5ccccc5ccc43)cc21. The Kier molecular flexibility index (Phi) is 7.95. The highest BCUT2D eigenvalue weighted by Crippen LogP contribution is 2.50. The van der Waals surface area contributed by atoms with Gasteiger partial charge in [-0.05, 0) is 123 Å². The lowest BCUT2D eigenvalue weighted by Gasteiger charge is -2.26. The fourth-order valence-corrected chi connectivity index (χ4v) is 10.9. The van der Waals surface area contributed by atoms with Crippen LogP contribution in [0.25, 0.3) is 88.0 Å². The molecule has 0 spiro atoms. The normalized spacial score (nSPS) is 13.0. The second-order valence-electron chi connectivity index (χ2n) is 17.8. The summed E-state index contributed by atoms with van der Waals surface area (Å²) in [6.07, 6.45) is 0. The zero-order valence-corrected chi connectivity index (χ0v) is 35.7. The maximum Gasteiger partial charge on any atom is 0.0561 e. The first-order valence-corrected chi connectivity index (χ1v) is 22.3. The average molecular weight is 818 g/mol. The smallest absolute Gasteiger partial charge is 0.0561 e. The predicted molar refractivity (Wildman–Crippen MR) is 270 cm³/mol. The molecule has 0 N–H and O–H groups in total. The van der Waals surface area contributed by atoms with Crippen molar-refractivity contribution in [2.24, 2.45) is 0 Å². The lowest BCUT2D eigenvalue weighted by molar-refractivity contribution is 0.660. The summed E-state index contributed by atoms with van der Waals surface area (Å²) in [6.45, 7) is 4.73. The summed E-state index contributed by atoms with van der Waals surface area (Å²) in [5.74, 6) is 0. The predicted octanol–water partition coefficient (Wildman–Crippen LogP) is 16.5. The van der Waals surface area contributed by atoms with Gasteiger partial charge >= 0.3 is 0 Å². The molecule has 2 heterocycles. The van der Waals surface area contributed by atoms with Gasteiger partial charge in [0.1, 0.15) is 0 Å². The van der Waals surface area contributed by atoms with Gasteiger partial charge in [0.2, 0.25) is 0 Å². The van der Waals surface area contributed by atoms with Crippen LogP contribution < -0.4 is 4.90 Å². The van der Waals surface area contributed by atoms with Crippen LogP contribution in [-0.4, -0.2) is 9.13 Å². The minimum Gasteiger partial charge on any atom is -0.310 e. The highest BCUT2D eigenvalue weighted by atomic mass is 15.1. The number of benzene rings is 10. The Hall–Kier alpha value is -8.14. The van der Waals surface area contributed by atoms with Crippen molar-refractivity contribution >= 4 is 71.4 Å². The van der Waals surface area contributed by atoms with Gasteiger partial charge in [0.15, 0.2) is 0 Å². The second-order valence-corrected chi connectivity index (χ2v) is 17.8. The third-order valence-electron chi connectivity index (χ3n) is 13.9. The van der Waals surface area contributed by atoms with Crippen LogP contribution >= 0.6 is 0 Å². The molecule has 0 fully saturated rings. The summed E-state index contributed by atoms with van der Waals surface area (Å²) in [5, 5.41) is 7.54. The molecule has 0 unspecified atom stereocenters. The fraction of sp³-hybridized carbons (Fsp3) is 0.0492. The van der Waals surface area contributed by atoms with Crippen molar-refractivity contribution in [3.8, 4) is 33.6 Å². The topological polar surface area (TPSA) is 13.1 Å². The largest absolute Gasteiger partial charge is 0.310 e. The monoisotopic (exact) mass is 817 g/mol. The summed E-state index contributed by atoms with van der Waals surface area (Å²) in [7, 11) is 0. The molecule has 10 aromatic carbocycles. The number of aromatic nitrogens is 2. The van der Waals surface area contributed by atoms with Crippen molar-refractivity contribution in [2.75, 3.05) is 4.90 Å². The molecule has 1 aliphatic rings. The van der Waals surface area contributed by atoms with E-state index in [4.69, 9.17) is 0 Å². The summed E-state index contributed by atoms with van der Waals surface area (Å²) in [4.78, 5) is 2.39. The van der Waals surface area contributed by atoms with Crippen LogP contribution in [0.5, 0.6) is 0 Å². The first kappa shape index (κ1) is 36.5. The van der Waals surface area contributed by atoms with Crippen LogP contribution in [0, 0.1) is 0 Å². The van der Waals surface area contributed by atoms with Gasteiger partial charge in [-0.15, -0.1) is 0 Å². The molecule has 302 valence electrons. The lowest BCUT2D eigenvalue weighted by Crippen LogP contribution is -2.15. The van der Waals surface area contributed by atoms with E-state index in [2.05, 4.69) is 252 Å². The van der Waals surface area contributed by atoms with Crippen molar-refractivity contribution < 1.29 is 0 Å². The van der Waals surface area contributed by atoms with Crippen LogP contribution in [0.2, 0.25) is 0 Å². The van der Waals surface area contributed by atoms with Gasteiger partial charge in [-0.1, -0.05) is 159 Å². The molecule has 0 bridgehead atoms. The lowest BCUT2D eigenvalue weighted by atomic mass is 9.82. The minimum absolute atomic E-state index is 0.105. The maximum atomic E-state index is 2.50. The number of anilines is 3. The Morgan fingerprint density at radius 2 is 0.984 bits per heavy atom. The van der Waals surface area contributed by atoms with Crippen molar-refractivity contribution in [3.63, 3.8) is 0 Å². The van der Waals surface area contributed by atoms with Crippen molar-refractivity contribution in [3.05, 3.63) is 236 Å². The second kappa shape index (κ2) is 13.9. The maximum absolute atomic E-state index is 2.50. The van der Waals surface area contributed by atoms with Gasteiger partial charge in [-0.2, -0.15) is 0 Å². The van der Waals surface area contributed by atoms with E-state index in [9.17, 15) is 0 Å².